The average molecular weight is 160 g/mol. The Kier molecular flexibility index (Phi) is 1.63. The lowest BCUT2D eigenvalue weighted by molar-refractivity contribution is 0.0970. The molecule has 1 aliphatic rings. The fourth-order valence-electron chi connectivity index (χ4n) is 1.21. The van der Waals surface area contributed by atoms with Crippen LogP contribution in [0.1, 0.15) is 15.9 Å². The van der Waals surface area contributed by atoms with Crippen molar-refractivity contribution >= 4 is 5.91 Å². The normalized spacial score (nSPS) is 14.8. The zero-order valence-electron chi connectivity index (χ0n) is 6.45. The highest BCUT2D eigenvalue weighted by Gasteiger charge is 2.10. The van der Waals surface area contributed by atoms with Crippen LogP contribution in [0.4, 0.5) is 0 Å². The molecule has 2 rings (SSSR count). The molecule has 0 saturated heterocycles. The smallest absolute Gasteiger partial charge is 0.255 e. The first-order valence-corrected chi connectivity index (χ1v) is 3.77. The van der Waals surface area contributed by atoms with Crippen molar-refractivity contribution < 1.29 is 4.79 Å². The van der Waals surface area contributed by atoms with E-state index in [9.17, 15) is 4.79 Å². The van der Waals surface area contributed by atoms with E-state index in [4.69, 9.17) is 0 Å². The summed E-state index contributed by atoms with van der Waals surface area (Å²) in [5, 5.41) is 2.65. The molecule has 0 spiro atoms. The molecule has 2 heterocycles. The van der Waals surface area contributed by atoms with E-state index >= 15 is 0 Å². The SMILES string of the molecule is O=C1NC=CCc2cnccc21. The van der Waals surface area contributed by atoms with Gasteiger partial charge in [-0.1, -0.05) is 6.08 Å². The Bertz CT molecular complexity index is 344. The number of pyridine rings is 1. The molecule has 1 aliphatic heterocycles. The van der Waals surface area contributed by atoms with Gasteiger partial charge >= 0.3 is 0 Å². The predicted molar refractivity (Wildman–Crippen MR) is 44.5 cm³/mol. The van der Waals surface area contributed by atoms with E-state index in [0.29, 0.717) is 0 Å². The predicted octanol–water partition coefficient (Wildman–Crippen LogP) is 0.881. The van der Waals surface area contributed by atoms with Gasteiger partial charge in [0.15, 0.2) is 0 Å². The van der Waals surface area contributed by atoms with Crippen LogP contribution in [0.25, 0.3) is 0 Å². The maximum Gasteiger partial charge on any atom is 0.255 e. The number of hydrogen-bond acceptors (Lipinski definition) is 2. The summed E-state index contributed by atoms with van der Waals surface area (Å²) in [5.41, 5.74) is 1.69. The molecule has 1 N–H and O–H groups in total. The molecular formula is C9H8N2O. The number of aromatic nitrogens is 1. The van der Waals surface area contributed by atoms with Gasteiger partial charge in [0.25, 0.3) is 5.91 Å². The number of nitrogens with zero attached hydrogens (tertiary/aromatic N) is 1. The molecule has 0 aliphatic carbocycles. The summed E-state index contributed by atoms with van der Waals surface area (Å²) in [5.74, 6) is -0.0545. The Morgan fingerprint density at radius 1 is 1.50 bits per heavy atom. The second-order valence-corrected chi connectivity index (χ2v) is 2.61. The molecule has 1 amide bonds. The Morgan fingerprint density at radius 2 is 2.42 bits per heavy atom. The monoisotopic (exact) mass is 160 g/mol. The van der Waals surface area contributed by atoms with Gasteiger partial charge in [-0.25, -0.2) is 0 Å². The number of nitrogens with one attached hydrogen (secondary N) is 1. The van der Waals surface area contributed by atoms with E-state index in [1.807, 2.05) is 6.08 Å². The van der Waals surface area contributed by atoms with E-state index in [0.717, 1.165) is 17.5 Å². The van der Waals surface area contributed by atoms with Crippen LogP contribution in [0.15, 0.2) is 30.7 Å². The quantitative estimate of drug-likeness (QED) is 0.612. The molecule has 0 aromatic carbocycles. The lowest BCUT2D eigenvalue weighted by Gasteiger charge is -2.01. The van der Waals surface area contributed by atoms with Crippen molar-refractivity contribution in [2.45, 2.75) is 6.42 Å². The molecule has 12 heavy (non-hydrogen) atoms. The molecule has 0 radical (unpaired) electrons. The third-order valence-electron chi connectivity index (χ3n) is 1.82. The Balaban J connectivity index is 2.52. The second-order valence-electron chi connectivity index (χ2n) is 2.61. The summed E-state index contributed by atoms with van der Waals surface area (Å²) >= 11 is 0. The van der Waals surface area contributed by atoms with Crippen molar-refractivity contribution in [3.63, 3.8) is 0 Å². The van der Waals surface area contributed by atoms with E-state index in [-0.39, 0.29) is 5.91 Å². The molecule has 0 unspecified atom stereocenters. The summed E-state index contributed by atoms with van der Waals surface area (Å²) < 4.78 is 0. The number of rotatable bonds is 0. The van der Waals surface area contributed by atoms with Crippen LogP contribution in [0.3, 0.4) is 0 Å². The summed E-state index contributed by atoms with van der Waals surface area (Å²) in [6.45, 7) is 0. The average Bonchev–Trinajstić information content (AvgIpc) is 2.29. The number of hydrogen-bond donors (Lipinski definition) is 1. The lowest BCUT2D eigenvalue weighted by atomic mass is 10.1. The zero-order chi connectivity index (χ0) is 8.39. The molecular weight excluding hydrogens is 152 g/mol. The minimum Gasteiger partial charge on any atom is -0.329 e. The zero-order valence-corrected chi connectivity index (χ0v) is 6.45. The first-order chi connectivity index (χ1) is 5.88. The maximum absolute atomic E-state index is 11.3. The minimum absolute atomic E-state index is 0.0545. The maximum atomic E-state index is 11.3. The largest absolute Gasteiger partial charge is 0.329 e. The highest BCUT2D eigenvalue weighted by molar-refractivity contribution is 5.96. The van der Waals surface area contributed by atoms with Gasteiger partial charge in [-0.2, -0.15) is 0 Å². The molecule has 0 saturated carbocycles. The molecule has 60 valence electrons. The van der Waals surface area contributed by atoms with Gasteiger partial charge < -0.3 is 5.32 Å². The number of fused-ring (bicyclic) bond motifs is 1. The molecule has 3 heteroatoms. The first-order valence-electron chi connectivity index (χ1n) is 3.77. The number of carbonyl (C=O) groups is 1. The van der Waals surface area contributed by atoms with Crippen LogP contribution in [-0.4, -0.2) is 10.9 Å². The second kappa shape index (κ2) is 2.77. The highest BCUT2D eigenvalue weighted by Crippen LogP contribution is 2.10. The van der Waals surface area contributed by atoms with E-state index in [2.05, 4.69) is 10.3 Å². The van der Waals surface area contributed by atoms with Crippen molar-refractivity contribution in [1.29, 1.82) is 0 Å². The molecule has 1 aromatic rings. The lowest BCUT2D eigenvalue weighted by Crippen LogP contribution is -2.16. The fraction of sp³-hybridized carbons (Fsp3) is 0.111. The topological polar surface area (TPSA) is 42.0 Å². The molecule has 0 bridgehead atoms. The standard InChI is InChI=1S/C9H8N2O/c12-9-8-3-5-10-6-7(8)2-1-4-11-9/h1,3-6H,2H2,(H,11,12). The van der Waals surface area contributed by atoms with Crippen LogP contribution in [0, 0.1) is 0 Å². The Morgan fingerprint density at radius 3 is 3.33 bits per heavy atom. The van der Waals surface area contributed by atoms with Gasteiger partial charge in [0.1, 0.15) is 0 Å². The Labute approximate surface area is 70.1 Å². The van der Waals surface area contributed by atoms with Crippen molar-refractivity contribution in [2.24, 2.45) is 0 Å². The molecule has 1 aromatic heterocycles. The van der Waals surface area contributed by atoms with Crippen molar-refractivity contribution in [3.05, 3.63) is 41.9 Å². The van der Waals surface area contributed by atoms with E-state index < -0.39 is 0 Å². The van der Waals surface area contributed by atoms with Gasteiger partial charge in [-0.05, 0) is 18.1 Å². The molecule has 0 atom stereocenters. The number of amides is 1. The van der Waals surface area contributed by atoms with Gasteiger partial charge in [0.2, 0.25) is 0 Å². The van der Waals surface area contributed by atoms with Crippen LogP contribution >= 0.6 is 0 Å². The van der Waals surface area contributed by atoms with Crippen molar-refractivity contribution in [1.82, 2.24) is 10.3 Å². The fourth-order valence-corrected chi connectivity index (χ4v) is 1.21. The molecule has 3 nitrogen and oxygen atoms in total. The first kappa shape index (κ1) is 7.03. The molecule has 0 fully saturated rings. The third-order valence-corrected chi connectivity index (χ3v) is 1.82. The van der Waals surface area contributed by atoms with Crippen molar-refractivity contribution in [3.8, 4) is 0 Å². The van der Waals surface area contributed by atoms with Crippen LogP contribution in [0.2, 0.25) is 0 Å². The number of allylic oxidation sites excluding steroid dienone is 1. The highest BCUT2D eigenvalue weighted by atomic mass is 16.1. The number of carbonyl (C=O) groups excluding carboxylic acids is 1. The summed E-state index contributed by atoms with van der Waals surface area (Å²) in [4.78, 5) is 15.3. The van der Waals surface area contributed by atoms with Crippen molar-refractivity contribution in [2.75, 3.05) is 0 Å². The Hall–Kier alpha value is -1.64. The minimum atomic E-state index is -0.0545. The van der Waals surface area contributed by atoms with Crippen LogP contribution < -0.4 is 5.32 Å². The van der Waals surface area contributed by atoms with Gasteiger partial charge in [0, 0.05) is 24.2 Å². The third kappa shape index (κ3) is 1.09. The van der Waals surface area contributed by atoms with Crippen LogP contribution in [0.5, 0.6) is 0 Å². The van der Waals surface area contributed by atoms with Crippen LogP contribution in [-0.2, 0) is 6.42 Å². The summed E-state index contributed by atoms with van der Waals surface area (Å²) in [6.07, 6.45) is 7.70. The van der Waals surface area contributed by atoms with E-state index in [1.54, 1.807) is 24.7 Å². The van der Waals surface area contributed by atoms with Gasteiger partial charge in [-0.15, -0.1) is 0 Å². The van der Waals surface area contributed by atoms with Gasteiger partial charge in [0.05, 0.1) is 0 Å². The summed E-state index contributed by atoms with van der Waals surface area (Å²) in [6, 6.07) is 1.73. The van der Waals surface area contributed by atoms with Gasteiger partial charge in [-0.3, -0.25) is 9.78 Å². The summed E-state index contributed by atoms with van der Waals surface area (Å²) in [7, 11) is 0. The van der Waals surface area contributed by atoms with E-state index in [1.165, 1.54) is 0 Å².